The van der Waals surface area contributed by atoms with Gasteiger partial charge in [-0.05, 0) is 43.7 Å². The van der Waals surface area contributed by atoms with Gasteiger partial charge in [0.2, 0.25) is 0 Å². The molecule has 0 fully saturated rings. The number of nitrogens with one attached hydrogen (secondary N) is 1. The largest absolute Gasteiger partial charge is 0.452 e. The number of ether oxygens (including phenoxy) is 1. The first-order valence-corrected chi connectivity index (χ1v) is 6.99. The van der Waals surface area contributed by atoms with E-state index in [4.69, 9.17) is 16.3 Å². The fourth-order valence-corrected chi connectivity index (χ4v) is 1.85. The number of hydrogen-bond acceptors (Lipinski definition) is 4. The normalized spacial score (nSPS) is 10.1. The van der Waals surface area contributed by atoms with Crippen molar-refractivity contribution in [3.05, 3.63) is 58.4 Å². The van der Waals surface area contributed by atoms with Crippen molar-refractivity contribution in [2.75, 3.05) is 11.9 Å². The number of carbonyl (C=O) groups excluding carboxylic acids is 2. The Hall–Kier alpha value is -2.40. The van der Waals surface area contributed by atoms with Crippen molar-refractivity contribution in [1.29, 1.82) is 0 Å². The molecule has 1 amide bonds. The highest BCUT2D eigenvalue weighted by Gasteiger charge is 2.11. The van der Waals surface area contributed by atoms with Crippen molar-refractivity contribution in [2.24, 2.45) is 0 Å². The lowest BCUT2D eigenvalue weighted by Gasteiger charge is -2.08. The van der Waals surface area contributed by atoms with Gasteiger partial charge in [-0.1, -0.05) is 17.7 Å². The standard InChI is InChI=1S/C16H15ClN2O3/c1-10-3-6-13(7-14(10)17)19-15(20)9-22-16(21)12-5-4-11(2)18-8-12/h3-8H,9H2,1-2H3,(H,19,20). The predicted octanol–water partition coefficient (Wildman–Crippen LogP) is 3.15. The smallest absolute Gasteiger partial charge is 0.340 e. The van der Waals surface area contributed by atoms with E-state index in [1.807, 2.05) is 13.8 Å². The molecule has 1 aromatic carbocycles. The molecule has 5 nitrogen and oxygen atoms in total. The summed E-state index contributed by atoms with van der Waals surface area (Å²) in [6, 6.07) is 8.46. The first-order chi connectivity index (χ1) is 10.5. The molecular formula is C16H15ClN2O3. The first kappa shape index (κ1) is 16.0. The van der Waals surface area contributed by atoms with E-state index >= 15 is 0 Å². The monoisotopic (exact) mass is 318 g/mol. The highest BCUT2D eigenvalue weighted by Crippen LogP contribution is 2.19. The zero-order valence-electron chi connectivity index (χ0n) is 12.2. The highest BCUT2D eigenvalue weighted by atomic mass is 35.5. The van der Waals surface area contributed by atoms with Crippen molar-refractivity contribution in [3.63, 3.8) is 0 Å². The number of hydrogen-bond donors (Lipinski definition) is 1. The van der Waals surface area contributed by atoms with Gasteiger partial charge in [-0.2, -0.15) is 0 Å². The van der Waals surface area contributed by atoms with E-state index in [2.05, 4.69) is 10.3 Å². The third-order valence-electron chi connectivity index (χ3n) is 2.94. The molecule has 1 N–H and O–H groups in total. The lowest BCUT2D eigenvalue weighted by atomic mass is 10.2. The SMILES string of the molecule is Cc1ccc(C(=O)OCC(=O)Nc2ccc(C)c(Cl)c2)cn1. The van der Waals surface area contributed by atoms with E-state index in [1.165, 1.54) is 6.20 Å². The number of rotatable bonds is 4. The number of nitrogens with zero attached hydrogens (tertiary/aromatic N) is 1. The Morgan fingerprint density at radius 3 is 2.64 bits per heavy atom. The van der Waals surface area contributed by atoms with Gasteiger partial charge in [-0.25, -0.2) is 4.79 Å². The molecule has 0 aliphatic rings. The minimum Gasteiger partial charge on any atom is -0.452 e. The Labute approximate surface area is 133 Å². The second-order valence-corrected chi connectivity index (χ2v) is 5.18. The Kier molecular flexibility index (Phi) is 5.12. The predicted molar refractivity (Wildman–Crippen MR) is 84.1 cm³/mol. The van der Waals surface area contributed by atoms with Crippen LogP contribution in [0.3, 0.4) is 0 Å². The zero-order chi connectivity index (χ0) is 16.1. The zero-order valence-corrected chi connectivity index (χ0v) is 13.0. The molecule has 0 saturated carbocycles. The lowest BCUT2D eigenvalue weighted by Crippen LogP contribution is -2.21. The molecule has 0 aliphatic carbocycles. The van der Waals surface area contributed by atoms with Gasteiger partial charge in [0, 0.05) is 22.6 Å². The van der Waals surface area contributed by atoms with Crippen LogP contribution in [-0.4, -0.2) is 23.5 Å². The highest BCUT2D eigenvalue weighted by molar-refractivity contribution is 6.31. The number of aromatic nitrogens is 1. The number of halogens is 1. The van der Waals surface area contributed by atoms with Crippen LogP contribution in [0, 0.1) is 13.8 Å². The fourth-order valence-electron chi connectivity index (χ4n) is 1.67. The Bertz CT molecular complexity index is 699. The van der Waals surface area contributed by atoms with Crippen LogP contribution in [0.15, 0.2) is 36.5 Å². The molecule has 114 valence electrons. The Morgan fingerprint density at radius 2 is 2.00 bits per heavy atom. The number of amides is 1. The van der Waals surface area contributed by atoms with Crippen molar-refractivity contribution < 1.29 is 14.3 Å². The molecule has 0 unspecified atom stereocenters. The van der Waals surface area contributed by atoms with Crippen molar-refractivity contribution in [2.45, 2.75) is 13.8 Å². The summed E-state index contributed by atoms with van der Waals surface area (Å²) in [7, 11) is 0. The minimum atomic E-state index is -0.593. The van der Waals surface area contributed by atoms with Gasteiger partial charge < -0.3 is 10.1 Å². The van der Waals surface area contributed by atoms with Crippen LogP contribution in [0.5, 0.6) is 0 Å². The van der Waals surface area contributed by atoms with Crippen LogP contribution in [0.1, 0.15) is 21.6 Å². The van der Waals surface area contributed by atoms with Crippen molar-refractivity contribution in [1.82, 2.24) is 4.98 Å². The molecule has 2 aromatic rings. The van der Waals surface area contributed by atoms with Crippen LogP contribution in [0.4, 0.5) is 5.69 Å². The van der Waals surface area contributed by atoms with Crippen LogP contribution < -0.4 is 5.32 Å². The number of esters is 1. The quantitative estimate of drug-likeness (QED) is 0.879. The Morgan fingerprint density at radius 1 is 1.23 bits per heavy atom. The van der Waals surface area contributed by atoms with Gasteiger partial charge in [-0.15, -0.1) is 0 Å². The molecule has 0 aliphatic heterocycles. The van der Waals surface area contributed by atoms with Crippen molar-refractivity contribution in [3.8, 4) is 0 Å². The third kappa shape index (κ3) is 4.30. The van der Waals surface area contributed by atoms with E-state index in [9.17, 15) is 9.59 Å². The van der Waals surface area contributed by atoms with Crippen molar-refractivity contribution >= 4 is 29.2 Å². The molecular weight excluding hydrogens is 304 g/mol. The second kappa shape index (κ2) is 7.04. The molecule has 1 aromatic heterocycles. The number of pyridine rings is 1. The van der Waals surface area contributed by atoms with E-state index in [-0.39, 0.29) is 6.61 Å². The maximum Gasteiger partial charge on any atom is 0.340 e. The van der Waals surface area contributed by atoms with E-state index < -0.39 is 11.9 Å². The fraction of sp³-hybridized carbons (Fsp3) is 0.188. The van der Waals surface area contributed by atoms with E-state index in [0.717, 1.165) is 11.3 Å². The molecule has 2 rings (SSSR count). The number of carbonyl (C=O) groups is 2. The third-order valence-corrected chi connectivity index (χ3v) is 3.34. The molecule has 0 saturated heterocycles. The molecule has 0 atom stereocenters. The molecule has 0 radical (unpaired) electrons. The summed E-state index contributed by atoms with van der Waals surface area (Å²) in [6.07, 6.45) is 1.41. The summed E-state index contributed by atoms with van der Waals surface area (Å²) >= 11 is 5.97. The molecule has 1 heterocycles. The first-order valence-electron chi connectivity index (χ1n) is 6.61. The summed E-state index contributed by atoms with van der Waals surface area (Å²) in [5, 5.41) is 3.17. The second-order valence-electron chi connectivity index (χ2n) is 4.78. The maximum absolute atomic E-state index is 11.8. The van der Waals surface area contributed by atoms with Crippen LogP contribution in [-0.2, 0) is 9.53 Å². The number of aryl methyl sites for hydroxylation is 2. The van der Waals surface area contributed by atoms with E-state index in [0.29, 0.717) is 16.3 Å². The molecule has 0 bridgehead atoms. The summed E-state index contributed by atoms with van der Waals surface area (Å²) in [5.41, 5.74) is 2.56. The van der Waals surface area contributed by atoms with Gasteiger partial charge in [0.15, 0.2) is 6.61 Å². The Balaban J connectivity index is 1.88. The maximum atomic E-state index is 11.8. The van der Waals surface area contributed by atoms with Gasteiger partial charge in [0.1, 0.15) is 0 Å². The summed E-state index contributed by atoms with van der Waals surface area (Å²) in [5.74, 6) is -1.03. The average Bonchev–Trinajstić information content (AvgIpc) is 2.49. The minimum absolute atomic E-state index is 0.303. The van der Waals surface area contributed by atoms with Gasteiger partial charge >= 0.3 is 5.97 Å². The molecule has 22 heavy (non-hydrogen) atoms. The topological polar surface area (TPSA) is 68.3 Å². The summed E-state index contributed by atoms with van der Waals surface area (Å²) in [4.78, 5) is 27.5. The van der Waals surface area contributed by atoms with Gasteiger partial charge in [-0.3, -0.25) is 9.78 Å². The lowest BCUT2D eigenvalue weighted by molar-refractivity contribution is -0.119. The van der Waals surface area contributed by atoms with Gasteiger partial charge in [0.05, 0.1) is 5.56 Å². The summed E-state index contributed by atoms with van der Waals surface area (Å²) in [6.45, 7) is 3.30. The van der Waals surface area contributed by atoms with E-state index in [1.54, 1.807) is 30.3 Å². The average molecular weight is 319 g/mol. The van der Waals surface area contributed by atoms with Crippen LogP contribution in [0.2, 0.25) is 5.02 Å². The van der Waals surface area contributed by atoms with Crippen LogP contribution >= 0.6 is 11.6 Å². The van der Waals surface area contributed by atoms with Gasteiger partial charge in [0.25, 0.3) is 5.91 Å². The summed E-state index contributed by atoms with van der Waals surface area (Å²) < 4.78 is 4.93. The molecule has 6 heteroatoms. The molecule has 0 spiro atoms. The van der Waals surface area contributed by atoms with Crippen LogP contribution in [0.25, 0.3) is 0 Å². The number of anilines is 1. The number of benzene rings is 1.